The molecule has 2 bridgehead atoms. The Morgan fingerprint density at radius 2 is 1.62 bits per heavy atom. The SMILES string of the molecule is COC(=O)N[C@H](C(=O)N1CCC[C@H]1c1ncc(-c2ccc(-c3ccc(-c4cnc(C5C6CCC(C6)C5C(=O)NCc5cccnc5)[nH]4)cc3)cc2C)[nH]1)C(C)C. The molecule has 290 valence electrons. The number of likely N-dealkylation sites (tertiary alicyclic amines) is 1. The molecule has 12 heteroatoms. The number of nitrogens with one attached hydrogen (secondary N) is 4. The molecule has 3 fully saturated rings. The summed E-state index contributed by atoms with van der Waals surface area (Å²) in [7, 11) is 1.30. The molecule has 4 N–H and O–H groups in total. The zero-order valence-electron chi connectivity index (χ0n) is 32.4. The summed E-state index contributed by atoms with van der Waals surface area (Å²) in [5.41, 5.74) is 8.25. The molecular weight excluding hydrogens is 705 g/mol. The molecule has 56 heavy (non-hydrogen) atoms. The van der Waals surface area contributed by atoms with E-state index in [1.165, 1.54) is 7.11 Å². The average molecular weight is 755 g/mol. The summed E-state index contributed by atoms with van der Waals surface area (Å²) in [4.78, 5) is 61.8. The maximum absolute atomic E-state index is 13.6. The van der Waals surface area contributed by atoms with Gasteiger partial charge >= 0.3 is 6.09 Å². The van der Waals surface area contributed by atoms with Gasteiger partial charge in [-0.2, -0.15) is 0 Å². The van der Waals surface area contributed by atoms with Crippen LogP contribution in [0.3, 0.4) is 0 Å². The first-order valence-electron chi connectivity index (χ1n) is 19.8. The van der Waals surface area contributed by atoms with Crippen molar-refractivity contribution in [3.05, 3.63) is 102 Å². The summed E-state index contributed by atoms with van der Waals surface area (Å²) >= 11 is 0. The Balaban J connectivity index is 0.937. The Morgan fingerprint density at radius 3 is 2.38 bits per heavy atom. The molecule has 12 nitrogen and oxygen atoms in total. The molecule has 2 saturated carbocycles. The number of amides is 3. The number of benzene rings is 2. The second-order valence-electron chi connectivity index (χ2n) is 16.0. The van der Waals surface area contributed by atoms with Crippen molar-refractivity contribution in [3.63, 3.8) is 0 Å². The van der Waals surface area contributed by atoms with E-state index in [1.807, 2.05) is 43.3 Å². The first-order chi connectivity index (χ1) is 27.2. The summed E-state index contributed by atoms with van der Waals surface area (Å²) in [5.74, 6) is 2.42. The van der Waals surface area contributed by atoms with Crippen LogP contribution in [0.1, 0.15) is 80.7 Å². The summed E-state index contributed by atoms with van der Waals surface area (Å²) in [6, 6.07) is 17.9. The third-order valence-electron chi connectivity index (χ3n) is 12.2. The fraction of sp³-hybridized carbons (Fsp3) is 0.409. The number of imidazole rings is 2. The lowest BCUT2D eigenvalue weighted by molar-refractivity contribution is -0.135. The highest BCUT2D eigenvalue weighted by molar-refractivity contribution is 5.86. The Bertz CT molecular complexity index is 2200. The molecule has 4 unspecified atom stereocenters. The second-order valence-corrected chi connectivity index (χ2v) is 16.0. The number of fused-ring (bicyclic) bond motifs is 2. The van der Waals surface area contributed by atoms with Gasteiger partial charge in [0.15, 0.2) is 0 Å². The van der Waals surface area contributed by atoms with Crippen molar-refractivity contribution in [1.29, 1.82) is 0 Å². The molecule has 0 radical (unpaired) electrons. The predicted molar refractivity (Wildman–Crippen MR) is 213 cm³/mol. The Hall–Kier alpha value is -5.78. The number of carbonyl (C=O) groups is 3. The Kier molecular flexibility index (Phi) is 10.5. The van der Waals surface area contributed by atoms with Crippen LogP contribution in [-0.4, -0.2) is 67.4 Å². The van der Waals surface area contributed by atoms with Gasteiger partial charge in [0.25, 0.3) is 0 Å². The molecule has 3 aromatic heterocycles. The van der Waals surface area contributed by atoms with E-state index < -0.39 is 12.1 Å². The summed E-state index contributed by atoms with van der Waals surface area (Å²) in [6.45, 7) is 7.01. The van der Waals surface area contributed by atoms with Crippen LogP contribution in [0.2, 0.25) is 0 Å². The number of nitrogens with zero attached hydrogens (tertiary/aromatic N) is 4. The van der Waals surface area contributed by atoms with Gasteiger partial charge in [-0.1, -0.05) is 62.4 Å². The number of H-pyrrole nitrogens is 2. The standard InChI is InChI=1S/C44H50N8O4/c1-25(2)39(51-44(55)56-4)43(54)52-18-6-8-36(52)40-46-24-35(50-40)33-16-15-30(19-26(33)3)28-9-11-29(12-10-28)34-23-47-41(49-34)37-31-13-14-32(20-31)38(37)42(53)48-22-27-7-5-17-45-21-27/h5,7,9-12,15-17,19,21,23-25,31-32,36-39H,6,8,13-14,18,20,22H2,1-4H3,(H,46,50)(H,47,49)(H,48,53)(H,51,55)/t31?,32?,36-,37?,38?,39-/m0/s1. The third-order valence-corrected chi connectivity index (χ3v) is 12.2. The number of ether oxygens (including phenoxy) is 1. The quantitative estimate of drug-likeness (QED) is 0.110. The lowest BCUT2D eigenvalue weighted by Gasteiger charge is -2.30. The maximum atomic E-state index is 13.6. The zero-order valence-corrected chi connectivity index (χ0v) is 32.4. The number of methoxy groups -OCH3 is 1. The zero-order chi connectivity index (χ0) is 38.9. The maximum Gasteiger partial charge on any atom is 0.407 e. The van der Waals surface area contributed by atoms with E-state index in [9.17, 15) is 14.4 Å². The van der Waals surface area contributed by atoms with Crippen molar-refractivity contribution in [2.24, 2.45) is 23.7 Å². The molecule has 6 atom stereocenters. The molecule has 3 aliphatic rings. The average Bonchev–Trinajstić information content (AvgIpc) is 4.07. The number of aromatic amines is 2. The van der Waals surface area contributed by atoms with Gasteiger partial charge in [0, 0.05) is 37.0 Å². The van der Waals surface area contributed by atoms with Gasteiger partial charge in [0.2, 0.25) is 11.8 Å². The minimum absolute atomic E-state index is 0.0766. The molecule has 1 saturated heterocycles. The molecule has 4 heterocycles. The van der Waals surface area contributed by atoms with E-state index >= 15 is 0 Å². The van der Waals surface area contributed by atoms with Crippen molar-refractivity contribution in [2.45, 2.75) is 77.4 Å². The number of aromatic nitrogens is 5. The van der Waals surface area contributed by atoms with Crippen molar-refractivity contribution >= 4 is 17.9 Å². The monoisotopic (exact) mass is 754 g/mol. The highest BCUT2D eigenvalue weighted by atomic mass is 16.5. The van der Waals surface area contributed by atoms with E-state index in [2.05, 4.69) is 75.0 Å². The first-order valence-corrected chi connectivity index (χ1v) is 19.8. The van der Waals surface area contributed by atoms with Gasteiger partial charge in [-0.3, -0.25) is 14.6 Å². The van der Waals surface area contributed by atoms with Crippen LogP contribution >= 0.6 is 0 Å². The minimum Gasteiger partial charge on any atom is -0.453 e. The smallest absolute Gasteiger partial charge is 0.407 e. The topological polar surface area (TPSA) is 158 Å². The van der Waals surface area contributed by atoms with Crippen molar-refractivity contribution in [3.8, 4) is 33.6 Å². The second kappa shape index (κ2) is 15.8. The van der Waals surface area contributed by atoms with Crippen LogP contribution in [0.25, 0.3) is 33.6 Å². The van der Waals surface area contributed by atoms with E-state index in [4.69, 9.17) is 14.7 Å². The van der Waals surface area contributed by atoms with E-state index in [-0.39, 0.29) is 35.6 Å². The summed E-state index contributed by atoms with van der Waals surface area (Å²) in [6.07, 6.45) is 11.6. The Labute approximate surface area is 327 Å². The lowest BCUT2D eigenvalue weighted by atomic mass is 9.78. The Morgan fingerprint density at radius 1 is 0.893 bits per heavy atom. The van der Waals surface area contributed by atoms with Crippen LogP contribution in [0, 0.1) is 30.6 Å². The van der Waals surface area contributed by atoms with Gasteiger partial charge in [-0.05, 0) is 90.7 Å². The van der Waals surface area contributed by atoms with E-state index in [1.54, 1.807) is 12.4 Å². The number of carbonyl (C=O) groups excluding carboxylic acids is 3. The first kappa shape index (κ1) is 37.2. The van der Waals surface area contributed by atoms with Crippen molar-refractivity contribution in [2.75, 3.05) is 13.7 Å². The number of hydrogen-bond donors (Lipinski definition) is 4. The largest absolute Gasteiger partial charge is 0.453 e. The molecule has 1 aliphatic heterocycles. The minimum atomic E-state index is -0.679. The van der Waals surface area contributed by atoms with Crippen LogP contribution in [0.15, 0.2) is 79.4 Å². The highest BCUT2D eigenvalue weighted by Gasteiger charge is 2.52. The van der Waals surface area contributed by atoms with E-state index in [0.717, 1.165) is 88.5 Å². The lowest BCUT2D eigenvalue weighted by Crippen LogP contribution is -2.51. The van der Waals surface area contributed by atoms with Gasteiger partial charge in [-0.25, -0.2) is 14.8 Å². The van der Waals surface area contributed by atoms with Gasteiger partial charge in [0.1, 0.15) is 17.7 Å². The van der Waals surface area contributed by atoms with Crippen LogP contribution in [-0.2, 0) is 20.9 Å². The van der Waals surface area contributed by atoms with Crippen LogP contribution in [0.5, 0.6) is 0 Å². The fourth-order valence-electron chi connectivity index (χ4n) is 9.35. The van der Waals surface area contributed by atoms with Gasteiger partial charge in [0.05, 0.1) is 42.9 Å². The number of hydrogen-bond acceptors (Lipinski definition) is 7. The molecule has 2 aliphatic carbocycles. The third kappa shape index (κ3) is 7.32. The fourth-order valence-corrected chi connectivity index (χ4v) is 9.35. The molecule has 0 spiro atoms. The summed E-state index contributed by atoms with van der Waals surface area (Å²) < 4.78 is 4.77. The van der Waals surface area contributed by atoms with E-state index in [0.29, 0.717) is 24.9 Å². The normalized spacial score (nSPS) is 22.0. The van der Waals surface area contributed by atoms with Crippen molar-refractivity contribution < 1.29 is 19.1 Å². The number of aryl methyl sites for hydroxylation is 1. The van der Waals surface area contributed by atoms with Crippen molar-refractivity contribution in [1.82, 2.24) is 40.5 Å². The van der Waals surface area contributed by atoms with Gasteiger partial charge < -0.3 is 30.2 Å². The van der Waals surface area contributed by atoms with Crippen LogP contribution in [0.4, 0.5) is 4.79 Å². The van der Waals surface area contributed by atoms with Crippen LogP contribution < -0.4 is 10.6 Å². The highest BCUT2D eigenvalue weighted by Crippen LogP contribution is 2.56. The molecular formula is C44H50N8O4. The van der Waals surface area contributed by atoms with Gasteiger partial charge in [-0.15, -0.1) is 0 Å². The molecule has 3 amide bonds. The molecule has 5 aromatic rings. The predicted octanol–water partition coefficient (Wildman–Crippen LogP) is 7.33. The molecule has 8 rings (SSSR count). The molecule has 2 aromatic carbocycles. The number of alkyl carbamates (subject to hydrolysis) is 1. The number of pyridine rings is 1. The summed E-state index contributed by atoms with van der Waals surface area (Å²) in [5, 5.41) is 5.89. The number of rotatable bonds is 11.